The molecule has 0 radical (unpaired) electrons. The number of methoxy groups -OCH3 is 1. The average molecular weight is 296 g/mol. The standard InChI is InChI=1S/C14H18ClN3O2/c1-3-18-12-6-5-10(9-11(12)17-14(18)15)13(19)16-7-4-8-20-2/h5-6,9H,3-4,7-8H2,1-2H3,(H,16,19). The largest absolute Gasteiger partial charge is 0.385 e. The van der Waals surface area contributed by atoms with Crippen LogP contribution in [0.25, 0.3) is 11.0 Å². The van der Waals surface area contributed by atoms with Crippen LogP contribution in [0.4, 0.5) is 0 Å². The van der Waals surface area contributed by atoms with Gasteiger partial charge in [0.25, 0.3) is 5.91 Å². The second-order valence-electron chi connectivity index (χ2n) is 4.43. The van der Waals surface area contributed by atoms with Gasteiger partial charge in [-0.25, -0.2) is 4.98 Å². The number of imidazole rings is 1. The van der Waals surface area contributed by atoms with E-state index in [2.05, 4.69) is 10.3 Å². The normalized spacial score (nSPS) is 10.9. The fourth-order valence-corrected chi connectivity index (χ4v) is 2.36. The van der Waals surface area contributed by atoms with E-state index in [-0.39, 0.29) is 5.91 Å². The number of aryl methyl sites for hydroxylation is 1. The zero-order chi connectivity index (χ0) is 14.5. The number of benzene rings is 1. The van der Waals surface area contributed by atoms with Gasteiger partial charge in [0.1, 0.15) is 0 Å². The summed E-state index contributed by atoms with van der Waals surface area (Å²) in [7, 11) is 1.64. The number of carbonyl (C=O) groups is 1. The first kappa shape index (κ1) is 14.8. The van der Waals surface area contributed by atoms with Gasteiger partial charge in [-0.3, -0.25) is 4.79 Å². The van der Waals surface area contributed by atoms with Gasteiger partial charge < -0.3 is 14.6 Å². The topological polar surface area (TPSA) is 56.2 Å². The number of aromatic nitrogens is 2. The predicted molar refractivity (Wildman–Crippen MR) is 79.2 cm³/mol. The minimum absolute atomic E-state index is 0.106. The van der Waals surface area contributed by atoms with Crippen molar-refractivity contribution >= 4 is 28.5 Å². The molecule has 6 heteroatoms. The Balaban J connectivity index is 2.13. The first-order chi connectivity index (χ1) is 9.67. The number of fused-ring (bicyclic) bond motifs is 1. The summed E-state index contributed by atoms with van der Waals surface area (Å²) in [6.07, 6.45) is 0.792. The fraction of sp³-hybridized carbons (Fsp3) is 0.429. The van der Waals surface area contributed by atoms with E-state index in [4.69, 9.17) is 16.3 Å². The molecule has 0 spiro atoms. The molecule has 2 aromatic rings. The van der Waals surface area contributed by atoms with Crippen LogP contribution in [0.15, 0.2) is 18.2 Å². The summed E-state index contributed by atoms with van der Waals surface area (Å²) in [6.45, 7) is 3.98. The number of rotatable bonds is 6. The Morgan fingerprint density at radius 3 is 3.00 bits per heavy atom. The molecule has 0 unspecified atom stereocenters. The van der Waals surface area contributed by atoms with Gasteiger partial charge >= 0.3 is 0 Å². The van der Waals surface area contributed by atoms with Crippen LogP contribution >= 0.6 is 11.6 Å². The van der Waals surface area contributed by atoms with Gasteiger partial charge in [-0.2, -0.15) is 0 Å². The van der Waals surface area contributed by atoms with Gasteiger partial charge in [0.05, 0.1) is 11.0 Å². The minimum atomic E-state index is -0.106. The zero-order valence-electron chi connectivity index (χ0n) is 11.6. The van der Waals surface area contributed by atoms with Gasteiger partial charge in [-0.1, -0.05) is 0 Å². The summed E-state index contributed by atoms with van der Waals surface area (Å²) in [5, 5.41) is 3.29. The fourth-order valence-electron chi connectivity index (χ4n) is 2.06. The molecule has 1 aromatic carbocycles. The Morgan fingerprint density at radius 2 is 2.30 bits per heavy atom. The van der Waals surface area contributed by atoms with Crippen molar-refractivity contribution in [1.82, 2.24) is 14.9 Å². The lowest BCUT2D eigenvalue weighted by molar-refractivity contribution is 0.0948. The van der Waals surface area contributed by atoms with E-state index in [1.165, 1.54) is 0 Å². The van der Waals surface area contributed by atoms with Gasteiger partial charge in [0.15, 0.2) is 0 Å². The summed E-state index contributed by atoms with van der Waals surface area (Å²) in [5.41, 5.74) is 2.27. The van der Waals surface area contributed by atoms with Gasteiger partial charge in [-0.15, -0.1) is 0 Å². The molecule has 0 bridgehead atoms. The minimum Gasteiger partial charge on any atom is -0.385 e. The van der Waals surface area contributed by atoms with E-state index in [1.54, 1.807) is 19.2 Å². The Labute approximate surface area is 122 Å². The summed E-state index contributed by atoms with van der Waals surface area (Å²) in [5.74, 6) is -0.106. The van der Waals surface area contributed by atoms with Crippen molar-refractivity contribution in [3.05, 3.63) is 29.0 Å². The van der Waals surface area contributed by atoms with Crippen LogP contribution in [0.3, 0.4) is 0 Å². The third-order valence-electron chi connectivity index (χ3n) is 3.09. The molecule has 108 valence electrons. The molecule has 20 heavy (non-hydrogen) atoms. The van der Waals surface area contributed by atoms with Crippen molar-refractivity contribution < 1.29 is 9.53 Å². The molecule has 1 N–H and O–H groups in total. The molecule has 0 atom stereocenters. The van der Waals surface area contributed by atoms with Crippen molar-refractivity contribution in [2.24, 2.45) is 0 Å². The van der Waals surface area contributed by atoms with Crippen LogP contribution in [0.2, 0.25) is 5.28 Å². The van der Waals surface area contributed by atoms with E-state index in [1.807, 2.05) is 17.6 Å². The molecule has 2 rings (SSSR count). The van der Waals surface area contributed by atoms with Crippen molar-refractivity contribution in [3.8, 4) is 0 Å². The van der Waals surface area contributed by atoms with Gasteiger partial charge in [0, 0.05) is 32.4 Å². The number of nitrogens with zero attached hydrogens (tertiary/aromatic N) is 2. The third-order valence-corrected chi connectivity index (χ3v) is 3.38. The molecule has 0 fully saturated rings. The lowest BCUT2D eigenvalue weighted by atomic mass is 10.2. The van der Waals surface area contributed by atoms with E-state index < -0.39 is 0 Å². The van der Waals surface area contributed by atoms with E-state index in [9.17, 15) is 4.79 Å². The number of ether oxygens (including phenoxy) is 1. The van der Waals surface area contributed by atoms with E-state index in [0.29, 0.717) is 24.0 Å². The number of carbonyl (C=O) groups excluding carboxylic acids is 1. The molecule has 0 saturated heterocycles. The maximum absolute atomic E-state index is 12.0. The number of hydrogen-bond donors (Lipinski definition) is 1. The summed E-state index contributed by atoms with van der Waals surface area (Å²) >= 11 is 6.06. The Kier molecular flexibility index (Phi) is 4.98. The number of nitrogens with one attached hydrogen (secondary N) is 1. The molecule has 5 nitrogen and oxygen atoms in total. The predicted octanol–water partition coefficient (Wildman–Crippen LogP) is 2.48. The lowest BCUT2D eigenvalue weighted by Gasteiger charge is -2.05. The first-order valence-electron chi connectivity index (χ1n) is 6.60. The molecular weight excluding hydrogens is 278 g/mol. The summed E-state index contributed by atoms with van der Waals surface area (Å²) in [4.78, 5) is 16.3. The van der Waals surface area contributed by atoms with Crippen molar-refractivity contribution in [1.29, 1.82) is 0 Å². The molecule has 0 aliphatic carbocycles. The molecular formula is C14H18ClN3O2. The van der Waals surface area contributed by atoms with Crippen LogP contribution in [0, 0.1) is 0 Å². The van der Waals surface area contributed by atoms with E-state index >= 15 is 0 Å². The number of amides is 1. The van der Waals surface area contributed by atoms with Crippen LogP contribution in [0.5, 0.6) is 0 Å². The third kappa shape index (κ3) is 3.11. The highest BCUT2D eigenvalue weighted by Gasteiger charge is 2.11. The molecule has 0 saturated carbocycles. The van der Waals surface area contributed by atoms with Crippen LogP contribution < -0.4 is 5.32 Å². The summed E-state index contributed by atoms with van der Waals surface area (Å²) in [6, 6.07) is 5.43. The van der Waals surface area contributed by atoms with Crippen molar-refractivity contribution in [3.63, 3.8) is 0 Å². The molecule has 1 aromatic heterocycles. The molecule has 0 aliphatic rings. The highest BCUT2D eigenvalue weighted by atomic mass is 35.5. The van der Waals surface area contributed by atoms with Gasteiger partial charge in [0.2, 0.25) is 5.28 Å². The first-order valence-corrected chi connectivity index (χ1v) is 6.98. The Hall–Kier alpha value is -1.59. The molecule has 1 amide bonds. The quantitative estimate of drug-likeness (QED) is 0.833. The number of hydrogen-bond acceptors (Lipinski definition) is 3. The highest BCUT2D eigenvalue weighted by molar-refractivity contribution is 6.29. The van der Waals surface area contributed by atoms with Crippen molar-refractivity contribution in [2.75, 3.05) is 20.3 Å². The maximum atomic E-state index is 12.0. The smallest absolute Gasteiger partial charge is 0.251 e. The van der Waals surface area contributed by atoms with Crippen LogP contribution in [0.1, 0.15) is 23.7 Å². The summed E-state index contributed by atoms with van der Waals surface area (Å²) < 4.78 is 6.84. The Morgan fingerprint density at radius 1 is 1.50 bits per heavy atom. The molecule has 1 heterocycles. The lowest BCUT2D eigenvalue weighted by Crippen LogP contribution is -2.25. The monoisotopic (exact) mass is 295 g/mol. The molecule has 0 aliphatic heterocycles. The van der Waals surface area contributed by atoms with Gasteiger partial charge in [-0.05, 0) is 43.1 Å². The zero-order valence-corrected chi connectivity index (χ0v) is 12.4. The SMILES string of the molecule is CCn1c(Cl)nc2cc(C(=O)NCCCOC)ccc21. The van der Waals surface area contributed by atoms with Crippen LogP contribution in [-0.2, 0) is 11.3 Å². The van der Waals surface area contributed by atoms with Crippen molar-refractivity contribution in [2.45, 2.75) is 19.9 Å². The van der Waals surface area contributed by atoms with E-state index in [0.717, 1.165) is 24.0 Å². The number of halogens is 1. The Bertz CT molecular complexity index is 610. The second kappa shape index (κ2) is 6.72. The van der Waals surface area contributed by atoms with Crippen LogP contribution in [-0.4, -0.2) is 35.7 Å². The average Bonchev–Trinajstić information content (AvgIpc) is 2.77. The maximum Gasteiger partial charge on any atom is 0.251 e. The highest BCUT2D eigenvalue weighted by Crippen LogP contribution is 2.20. The second-order valence-corrected chi connectivity index (χ2v) is 4.77.